The van der Waals surface area contributed by atoms with Crippen molar-refractivity contribution in [2.24, 2.45) is 11.7 Å². The van der Waals surface area contributed by atoms with E-state index in [-0.39, 0.29) is 30.1 Å². The molecule has 29 heavy (non-hydrogen) atoms. The van der Waals surface area contributed by atoms with Crippen LogP contribution in [-0.2, 0) is 16.0 Å². The monoisotopic (exact) mass is 397 g/mol. The van der Waals surface area contributed by atoms with Gasteiger partial charge in [-0.05, 0) is 30.0 Å². The number of primary amides is 1. The van der Waals surface area contributed by atoms with Crippen LogP contribution < -0.4 is 5.73 Å². The molecule has 2 aromatic carbocycles. The Labute approximate surface area is 171 Å². The predicted octanol–water partition coefficient (Wildman–Crippen LogP) is 2.69. The van der Waals surface area contributed by atoms with Crippen molar-refractivity contribution in [2.75, 3.05) is 32.7 Å². The SMILES string of the molecule is CCCN1CCN(CC(N)=O)CC(Cc2cccc(-c3ccccc3F)c2)C1=O. The third kappa shape index (κ3) is 5.41. The van der Waals surface area contributed by atoms with Crippen molar-refractivity contribution < 1.29 is 14.0 Å². The van der Waals surface area contributed by atoms with Crippen LogP contribution in [0, 0.1) is 11.7 Å². The first kappa shape index (κ1) is 21.0. The Morgan fingerprint density at radius 1 is 1.17 bits per heavy atom. The molecule has 1 aliphatic heterocycles. The lowest BCUT2D eigenvalue weighted by atomic mass is 9.94. The number of hydrogen-bond acceptors (Lipinski definition) is 3. The van der Waals surface area contributed by atoms with Gasteiger partial charge >= 0.3 is 0 Å². The zero-order valence-electron chi connectivity index (χ0n) is 16.8. The second-order valence-electron chi connectivity index (χ2n) is 7.61. The molecule has 154 valence electrons. The number of halogens is 1. The van der Waals surface area contributed by atoms with Crippen LogP contribution in [0.2, 0.25) is 0 Å². The van der Waals surface area contributed by atoms with Gasteiger partial charge in [-0.1, -0.05) is 49.4 Å². The fourth-order valence-corrected chi connectivity index (χ4v) is 3.97. The summed E-state index contributed by atoms with van der Waals surface area (Å²) in [6, 6.07) is 14.4. The first-order valence-electron chi connectivity index (χ1n) is 10.1. The molecule has 2 amide bonds. The summed E-state index contributed by atoms with van der Waals surface area (Å²) in [5, 5.41) is 0. The number of rotatable bonds is 7. The highest BCUT2D eigenvalue weighted by Gasteiger charge is 2.30. The van der Waals surface area contributed by atoms with Crippen LogP contribution >= 0.6 is 0 Å². The molecule has 1 atom stereocenters. The number of amides is 2. The quantitative estimate of drug-likeness (QED) is 0.781. The summed E-state index contributed by atoms with van der Waals surface area (Å²) in [5.74, 6) is -0.812. The van der Waals surface area contributed by atoms with Crippen LogP contribution in [0.15, 0.2) is 48.5 Å². The van der Waals surface area contributed by atoms with Crippen molar-refractivity contribution in [3.05, 3.63) is 59.9 Å². The van der Waals surface area contributed by atoms with Crippen LogP contribution in [0.4, 0.5) is 4.39 Å². The molecule has 0 bridgehead atoms. The number of carbonyl (C=O) groups excluding carboxylic acids is 2. The van der Waals surface area contributed by atoms with Gasteiger partial charge in [0.05, 0.1) is 12.5 Å². The second kappa shape index (κ2) is 9.65. The van der Waals surface area contributed by atoms with Gasteiger partial charge < -0.3 is 10.6 Å². The van der Waals surface area contributed by atoms with Crippen molar-refractivity contribution in [2.45, 2.75) is 19.8 Å². The Kier molecular flexibility index (Phi) is 6.99. The molecule has 1 saturated heterocycles. The van der Waals surface area contributed by atoms with E-state index in [4.69, 9.17) is 5.73 Å². The lowest BCUT2D eigenvalue weighted by Gasteiger charge is -2.23. The van der Waals surface area contributed by atoms with Gasteiger partial charge in [0.2, 0.25) is 11.8 Å². The number of nitrogens with zero attached hydrogens (tertiary/aromatic N) is 2. The Balaban J connectivity index is 1.83. The molecule has 6 heteroatoms. The maximum absolute atomic E-state index is 14.2. The Morgan fingerprint density at radius 3 is 2.69 bits per heavy atom. The van der Waals surface area contributed by atoms with Crippen LogP contribution in [0.25, 0.3) is 11.1 Å². The fourth-order valence-electron chi connectivity index (χ4n) is 3.97. The van der Waals surface area contributed by atoms with E-state index >= 15 is 0 Å². The van der Waals surface area contributed by atoms with Gasteiger partial charge in [0, 0.05) is 31.7 Å². The average molecular weight is 397 g/mol. The third-order valence-electron chi connectivity index (χ3n) is 5.29. The van der Waals surface area contributed by atoms with Gasteiger partial charge in [0.15, 0.2) is 0 Å². The first-order chi connectivity index (χ1) is 14.0. The number of nitrogens with two attached hydrogens (primary N) is 1. The lowest BCUT2D eigenvalue weighted by molar-refractivity contribution is -0.134. The molecule has 0 aliphatic carbocycles. The topological polar surface area (TPSA) is 66.6 Å². The molecule has 2 aromatic rings. The molecule has 3 rings (SSSR count). The number of benzene rings is 2. The zero-order valence-corrected chi connectivity index (χ0v) is 16.8. The van der Waals surface area contributed by atoms with Gasteiger partial charge in [0.25, 0.3) is 0 Å². The smallest absolute Gasteiger partial charge is 0.231 e. The second-order valence-corrected chi connectivity index (χ2v) is 7.61. The van der Waals surface area contributed by atoms with Gasteiger partial charge in [-0.25, -0.2) is 4.39 Å². The molecule has 0 saturated carbocycles. The van der Waals surface area contributed by atoms with E-state index in [0.717, 1.165) is 17.5 Å². The molecule has 1 unspecified atom stereocenters. The highest BCUT2D eigenvalue weighted by Crippen LogP contribution is 2.25. The fraction of sp³-hybridized carbons (Fsp3) is 0.391. The summed E-state index contributed by atoms with van der Waals surface area (Å²) in [4.78, 5) is 28.4. The average Bonchev–Trinajstić information content (AvgIpc) is 2.82. The van der Waals surface area contributed by atoms with Crippen molar-refractivity contribution in [3.63, 3.8) is 0 Å². The van der Waals surface area contributed by atoms with Gasteiger partial charge in [0.1, 0.15) is 5.82 Å². The van der Waals surface area contributed by atoms with E-state index < -0.39 is 0 Å². The molecule has 1 heterocycles. The molecule has 1 fully saturated rings. The maximum Gasteiger partial charge on any atom is 0.231 e. The predicted molar refractivity (Wildman–Crippen MR) is 112 cm³/mol. The molecule has 0 aromatic heterocycles. The highest BCUT2D eigenvalue weighted by molar-refractivity contribution is 5.80. The van der Waals surface area contributed by atoms with Gasteiger partial charge in [-0.15, -0.1) is 0 Å². The van der Waals surface area contributed by atoms with Crippen LogP contribution in [0.5, 0.6) is 0 Å². The van der Waals surface area contributed by atoms with E-state index in [0.29, 0.717) is 38.2 Å². The van der Waals surface area contributed by atoms with E-state index in [1.54, 1.807) is 12.1 Å². The minimum Gasteiger partial charge on any atom is -0.369 e. The molecular weight excluding hydrogens is 369 g/mol. The van der Waals surface area contributed by atoms with E-state index in [1.807, 2.05) is 47.1 Å². The van der Waals surface area contributed by atoms with Crippen molar-refractivity contribution >= 4 is 11.8 Å². The summed E-state index contributed by atoms with van der Waals surface area (Å²) in [7, 11) is 0. The van der Waals surface area contributed by atoms with E-state index in [9.17, 15) is 14.0 Å². The van der Waals surface area contributed by atoms with E-state index in [1.165, 1.54) is 6.07 Å². The first-order valence-corrected chi connectivity index (χ1v) is 10.1. The van der Waals surface area contributed by atoms with Crippen molar-refractivity contribution in [3.8, 4) is 11.1 Å². The number of hydrogen-bond donors (Lipinski definition) is 1. The van der Waals surface area contributed by atoms with Crippen LogP contribution in [0.3, 0.4) is 0 Å². The highest BCUT2D eigenvalue weighted by atomic mass is 19.1. The summed E-state index contributed by atoms with van der Waals surface area (Å²) < 4.78 is 14.2. The molecule has 0 spiro atoms. The van der Waals surface area contributed by atoms with Gasteiger partial charge in [-0.2, -0.15) is 0 Å². The molecule has 1 aliphatic rings. The molecule has 5 nitrogen and oxygen atoms in total. The van der Waals surface area contributed by atoms with Crippen molar-refractivity contribution in [1.29, 1.82) is 0 Å². The van der Waals surface area contributed by atoms with Crippen molar-refractivity contribution in [1.82, 2.24) is 9.80 Å². The molecular formula is C23H28FN3O2. The Morgan fingerprint density at radius 2 is 1.97 bits per heavy atom. The molecule has 2 N–H and O–H groups in total. The Hall–Kier alpha value is -2.73. The summed E-state index contributed by atoms with van der Waals surface area (Å²) in [6.45, 7) is 4.64. The lowest BCUT2D eigenvalue weighted by Crippen LogP contribution is -2.38. The van der Waals surface area contributed by atoms with Crippen LogP contribution in [-0.4, -0.2) is 54.3 Å². The van der Waals surface area contributed by atoms with Crippen LogP contribution in [0.1, 0.15) is 18.9 Å². The maximum atomic E-state index is 14.2. The molecule has 0 radical (unpaired) electrons. The summed E-state index contributed by atoms with van der Waals surface area (Å²) >= 11 is 0. The minimum absolute atomic E-state index is 0.107. The largest absolute Gasteiger partial charge is 0.369 e. The summed E-state index contributed by atoms with van der Waals surface area (Å²) in [6.07, 6.45) is 1.42. The van der Waals surface area contributed by atoms with Gasteiger partial charge in [-0.3, -0.25) is 14.5 Å². The minimum atomic E-state index is -0.387. The standard InChI is InChI=1S/C23H28FN3O2/c1-2-10-27-12-11-26(16-22(25)28)15-19(23(27)29)14-17-6-5-7-18(13-17)20-8-3-4-9-21(20)24/h3-9,13,19H,2,10-12,14-16H2,1H3,(H2,25,28). The Bertz CT molecular complexity index is 871. The summed E-state index contributed by atoms with van der Waals surface area (Å²) in [5.41, 5.74) is 7.70. The normalized spacial score (nSPS) is 17.9. The van der Waals surface area contributed by atoms with E-state index in [2.05, 4.69) is 0 Å². The zero-order chi connectivity index (χ0) is 20.8. The number of carbonyl (C=O) groups is 2. The third-order valence-corrected chi connectivity index (χ3v) is 5.29.